The third-order valence-electron chi connectivity index (χ3n) is 4.43. The predicted molar refractivity (Wildman–Crippen MR) is 111 cm³/mol. The zero-order valence-corrected chi connectivity index (χ0v) is 16.4. The number of benzene rings is 2. The number of aryl methyl sites for hydroxylation is 1. The Hall–Kier alpha value is -2.63. The van der Waals surface area contributed by atoms with Gasteiger partial charge in [-0.15, -0.1) is 0 Å². The van der Waals surface area contributed by atoms with Crippen molar-refractivity contribution in [1.29, 1.82) is 0 Å². The number of nitrogens with two attached hydrogens (primary N) is 1. The number of thiophene rings is 1. The van der Waals surface area contributed by atoms with Crippen LogP contribution in [-0.4, -0.2) is 19.1 Å². The third-order valence-corrected chi connectivity index (χ3v) is 5.11. The molecular weight excluding hydrogens is 356 g/mol. The van der Waals surface area contributed by atoms with Crippen LogP contribution in [0.4, 0.5) is 0 Å². The summed E-state index contributed by atoms with van der Waals surface area (Å²) in [6, 6.07) is 15.8. The maximum Gasteiger partial charge on any atom is 0.252 e. The summed E-state index contributed by atoms with van der Waals surface area (Å²) < 4.78 is 5.54. The highest BCUT2D eigenvalue weighted by Crippen LogP contribution is 2.25. The van der Waals surface area contributed by atoms with Gasteiger partial charge in [-0.25, -0.2) is 0 Å². The van der Waals surface area contributed by atoms with E-state index < -0.39 is 0 Å². The van der Waals surface area contributed by atoms with Gasteiger partial charge in [0.05, 0.1) is 6.04 Å². The Morgan fingerprint density at radius 3 is 2.78 bits per heavy atom. The average Bonchev–Trinajstić information content (AvgIpc) is 3.22. The summed E-state index contributed by atoms with van der Waals surface area (Å²) in [5, 5.41) is 7.28. The second kappa shape index (κ2) is 8.84. The predicted octanol–water partition coefficient (Wildman–Crippen LogP) is 4.55. The van der Waals surface area contributed by atoms with Gasteiger partial charge < -0.3 is 15.8 Å². The average molecular weight is 381 g/mol. The van der Waals surface area contributed by atoms with Crippen molar-refractivity contribution in [2.45, 2.75) is 19.9 Å². The van der Waals surface area contributed by atoms with Gasteiger partial charge in [-0.05, 0) is 71.1 Å². The second-order valence-corrected chi connectivity index (χ2v) is 7.23. The monoisotopic (exact) mass is 380 g/mol. The summed E-state index contributed by atoms with van der Waals surface area (Å²) in [4.78, 5) is 12.8. The molecule has 2 aromatic carbocycles. The van der Waals surface area contributed by atoms with Crippen molar-refractivity contribution in [1.82, 2.24) is 5.32 Å². The van der Waals surface area contributed by atoms with Gasteiger partial charge in [0.25, 0.3) is 5.91 Å². The molecule has 0 saturated heterocycles. The minimum absolute atomic E-state index is 0.107. The maximum atomic E-state index is 12.8. The zero-order chi connectivity index (χ0) is 19.2. The van der Waals surface area contributed by atoms with E-state index >= 15 is 0 Å². The first-order valence-electron chi connectivity index (χ1n) is 8.95. The Kier molecular flexibility index (Phi) is 6.27. The zero-order valence-electron chi connectivity index (χ0n) is 15.6. The van der Waals surface area contributed by atoms with Crippen LogP contribution in [0.2, 0.25) is 0 Å². The van der Waals surface area contributed by atoms with Crippen LogP contribution in [-0.2, 0) is 0 Å². The van der Waals surface area contributed by atoms with Crippen molar-refractivity contribution < 1.29 is 9.53 Å². The molecular formula is C22H24N2O2S. The minimum atomic E-state index is -0.112. The van der Waals surface area contributed by atoms with Gasteiger partial charge in [-0.2, -0.15) is 11.3 Å². The van der Waals surface area contributed by atoms with Crippen LogP contribution < -0.4 is 15.8 Å². The van der Waals surface area contributed by atoms with Gasteiger partial charge in [0.2, 0.25) is 0 Å². The molecule has 1 aromatic heterocycles. The highest BCUT2D eigenvalue weighted by molar-refractivity contribution is 7.08. The van der Waals surface area contributed by atoms with Crippen molar-refractivity contribution in [2.75, 3.05) is 13.2 Å². The number of ether oxygens (including phenoxy) is 1. The Morgan fingerprint density at radius 2 is 2.04 bits per heavy atom. The molecule has 0 saturated carbocycles. The molecule has 0 bridgehead atoms. The summed E-state index contributed by atoms with van der Waals surface area (Å²) in [6.07, 6.45) is 0. The topological polar surface area (TPSA) is 64.3 Å². The lowest BCUT2D eigenvalue weighted by Gasteiger charge is -2.17. The molecule has 27 heavy (non-hydrogen) atoms. The Labute approximate surface area is 164 Å². The molecule has 1 amide bonds. The van der Waals surface area contributed by atoms with E-state index in [4.69, 9.17) is 10.5 Å². The standard InChI is InChI=1S/C22H24N2O2S/c1-15-6-7-20(26-10-9-23)13-21(15)22(25)24-16(2)17-4-3-5-18(12-17)19-8-11-27-14-19/h3-8,11-14,16H,9-10,23H2,1-2H3,(H,24,25)/t16-/m1/s1. The van der Waals surface area contributed by atoms with Gasteiger partial charge in [0, 0.05) is 12.1 Å². The van der Waals surface area contributed by atoms with Crippen molar-refractivity contribution in [2.24, 2.45) is 5.73 Å². The van der Waals surface area contributed by atoms with Crippen LogP contribution >= 0.6 is 11.3 Å². The van der Waals surface area contributed by atoms with Crippen LogP contribution in [0.1, 0.15) is 34.5 Å². The molecule has 3 rings (SSSR count). The minimum Gasteiger partial charge on any atom is -0.492 e. The summed E-state index contributed by atoms with van der Waals surface area (Å²) in [7, 11) is 0. The third kappa shape index (κ3) is 4.76. The van der Waals surface area contributed by atoms with Gasteiger partial charge in [-0.3, -0.25) is 4.79 Å². The first-order valence-corrected chi connectivity index (χ1v) is 9.89. The molecule has 0 radical (unpaired) electrons. The molecule has 3 aromatic rings. The second-order valence-electron chi connectivity index (χ2n) is 6.45. The number of amides is 1. The molecule has 140 valence electrons. The van der Waals surface area contributed by atoms with E-state index in [1.54, 1.807) is 17.4 Å². The van der Waals surface area contributed by atoms with E-state index in [1.807, 2.05) is 38.1 Å². The summed E-state index contributed by atoms with van der Waals surface area (Å²) in [5.74, 6) is 0.544. The van der Waals surface area contributed by atoms with Crippen molar-refractivity contribution in [3.8, 4) is 16.9 Å². The maximum absolute atomic E-state index is 12.8. The van der Waals surface area contributed by atoms with Crippen molar-refractivity contribution in [3.05, 3.63) is 76.0 Å². The van der Waals surface area contributed by atoms with Crippen molar-refractivity contribution >= 4 is 17.2 Å². The number of hydrogen-bond acceptors (Lipinski definition) is 4. The molecule has 1 atom stereocenters. The summed E-state index contributed by atoms with van der Waals surface area (Å²) >= 11 is 1.68. The van der Waals surface area contributed by atoms with E-state index in [1.165, 1.54) is 5.56 Å². The van der Waals surface area contributed by atoms with Gasteiger partial charge in [0.1, 0.15) is 12.4 Å². The fraction of sp³-hybridized carbons (Fsp3) is 0.227. The fourth-order valence-corrected chi connectivity index (χ4v) is 3.55. The van der Waals surface area contributed by atoms with Crippen molar-refractivity contribution in [3.63, 3.8) is 0 Å². The molecule has 0 fully saturated rings. The Bertz CT molecular complexity index is 906. The lowest BCUT2D eigenvalue weighted by molar-refractivity contribution is 0.0939. The van der Waals surface area contributed by atoms with Gasteiger partial charge in [0.15, 0.2) is 0 Å². The Morgan fingerprint density at radius 1 is 1.19 bits per heavy atom. The molecule has 0 aliphatic rings. The normalized spacial score (nSPS) is 11.8. The van der Waals surface area contributed by atoms with Crippen LogP contribution in [0.15, 0.2) is 59.3 Å². The summed E-state index contributed by atoms with van der Waals surface area (Å²) in [6.45, 7) is 4.78. The molecule has 0 spiro atoms. The van der Waals surface area contributed by atoms with E-state index in [2.05, 4.69) is 34.3 Å². The van der Waals surface area contributed by atoms with E-state index in [0.29, 0.717) is 24.5 Å². The lowest BCUT2D eigenvalue weighted by Crippen LogP contribution is -2.27. The number of hydrogen-bond donors (Lipinski definition) is 2. The largest absolute Gasteiger partial charge is 0.492 e. The molecule has 0 aliphatic carbocycles. The quantitative estimate of drug-likeness (QED) is 0.632. The number of carbonyl (C=O) groups is 1. The molecule has 0 aliphatic heterocycles. The van der Waals surface area contributed by atoms with Crippen LogP contribution in [0, 0.1) is 6.92 Å². The molecule has 4 nitrogen and oxygen atoms in total. The number of nitrogens with one attached hydrogen (secondary N) is 1. The smallest absolute Gasteiger partial charge is 0.252 e. The summed E-state index contributed by atoms with van der Waals surface area (Å²) in [5.41, 5.74) is 10.4. The van der Waals surface area contributed by atoms with Gasteiger partial charge >= 0.3 is 0 Å². The molecule has 5 heteroatoms. The van der Waals surface area contributed by atoms with E-state index in [0.717, 1.165) is 16.7 Å². The number of rotatable bonds is 7. The molecule has 3 N–H and O–H groups in total. The fourth-order valence-electron chi connectivity index (χ4n) is 2.89. The molecule has 0 unspecified atom stereocenters. The highest BCUT2D eigenvalue weighted by Gasteiger charge is 2.15. The van der Waals surface area contributed by atoms with Crippen LogP contribution in [0.5, 0.6) is 5.75 Å². The SMILES string of the molecule is Cc1ccc(OCCN)cc1C(=O)N[C@H](C)c1cccc(-c2ccsc2)c1. The molecule has 1 heterocycles. The number of carbonyl (C=O) groups excluding carboxylic acids is 1. The highest BCUT2D eigenvalue weighted by atomic mass is 32.1. The van der Waals surface area contributed by atoms with Crippen LogP contribution in [0.25, 0.3) is 11.1 Å². The first-order chi connectivity index (χ1) is 13.1. The van der Waals surface area contributed by atoms with Crippen LogP contribution in [0.3, 0.4) is 0 Å². The van der Waals surface area contributed by atoms with E-state index in [9.17, 15) is 4.79 Å². The Balaban J connectivity index is 1.75. The van der Waals surface area contributed by atoms with Gasteiger partial charge in [-0.1, -0.05) is 24.3 Å². The lowest BCUT2D eigenvalue weighted by atomic mass is 10.0. The van der Waals surface area contributed by atoms with E-state index in [-0.39, 0.29) is 11.9 Å². The first kappa shape index (κ1) is 19.1.